The molecular formula is C17H17N3S. The van der Waals surface area contributed by atoms with Crippen LogP contribution in [0.1, 0.15) is 37.8 Å². The third-order valence-electron chi connectivity index (χ3n) is 3.79. The maximum Gasteiger partial charge on any atom is 0.154 e. The Morgan fingerprint density at radius 1 is 1.05 bits per heavy atom. The Bertz CT molecular complexity index is 643. The monoisotopic (exact) mass is 295 g/mol. The van der Waals surface area contributed by atoms with Gasteiger partial charge < -0.3 is 0 Å². The molecule has 21 heavy (non-hydrogen) atoms. The first kappa shape index (κ1) is 14.1. The van der Waals surface area contributed by atoms with E-state index in [-0.39, 0.29) is 0 Å². The van der Waals surface area contributed by atoms with Crippen molar-refractivity contribution in [2.45, 2.75) is 42.2 Å². The number of hydrogen-bond donors (Lipinski definition) is 0. The van der Waals surface area contributed by atoms with Crippen LogP contribution in [-0.2, 0) is 0 Å². The van der Waals surface area contributed by atoms with Crippen molar-refractivity contribution in [2.75, 3.05) is 0 Å². The average molecular weight is 295 g/mol. The number of aromatic nitrogens is 2. The molecule has 0 amide bonds. The summed E-state index contributed by atoms with van der Waals surface area (Å²) in [6, 6.07) is 10.1. The van der Waals surface area contributed by atoms with Gasteiger partial charge in [0.25, 0.3) is 0 Å². The first-order valence-corrected chi connectivity index (χ1v) is 8.23. The largest absolute Gasteiger partial charge is 0.256 e. The van der Waals surface area contributed by atoms with Crippen LogP contribution in [0.3, 0.4) is 0 Å². The van der Waals surface area contributed by atoms with E-state index in [2.05, 4.69) is 16.0 Å². The highest BCUT2D eigenvalue weighted by atomic mass is 32.2. The molecule has 2 aromatic rings. The highest BCUT2D eigenvalue weighted by Crippen LogP contribution is 2.39. The van der Waals surface area contributed by atoms with E-state index >= 15 is 0 Å². The third-order valence-corrected chi connectivity index (χ3v) is 5.24. The van der Waals surface area contributed by atoms with E-state index < -0.39 is 0 Å². The van der Waals surface area contributed by atoms with E-state index in [1.165, 1.54) is 32.1 Å². The topological polar surface area (TPSA) is 49.6 Å². The molecule has 4 heteroatoms. The Morgan fingerprint density at radius 2 is 1.90 bits per heavy atom. The molecule has 106 valence electrons. The molecule has 0 spiro atoms. The molecule has 1 aliphatic carbocycles. The number of thioether (sulfide) groups is 1. The molecule has 1 aliphatic rings. The summed E-state index contributed by atoms with van der Waals surface area (Å²) in [7, 11) is 0. The van der Waals surface area contributed by atoms with Crippen molar-refractivity contribution >= 4 is 11.8 Å². The number of nitriles is 1. The second kappa shape index (κ2) is 6.73. The third kappa shape index (κ3) is 3.25. The van der Waals surface area contributed by atoms with Gasteiger partial charge in [0.1, 0.15) is 6.07 Å². The van der Waals surface area contributed by atoms with Crippen LogP contribution in [0.4, 0.5) is 0 Å². The van der Waals surface area contributed by atoms with E-state index in [1.54, 1.807) is 12.4 Å². The minimum Gasteiger partial charge on any atom is -0.256 e. The van der Waals surface area contributed by atoms with E-state index in [0.717, 1.165) is 16.2 Å². The van der Waals surface area contributed by atoms with Crippen LogP contribution in [0.15, 0.2) is 41.6 Å². The van der Waals surface area contributed by atoms with Crippen molar-refractivity contribution < 1.29 is 0 Å². The second-order valence-corrected chi connectivity index (χ2v) is 6.55. The summed E-state index contributed by atoms with van der Waals surface area (Å²) in [5.41, 5.74) is 2.46. The maximum absolute atomic E-state index is 9.37. The first-order chi connectivity index (χ1) is 10.4. The molecule has 0 bridgehead atoms. The minimum atomic E-state index is 0.522. The second-order valence-electron chi connectivity index (χ2n) is 5.24. The standard InChI is InChI=1S/C17H17N3S/c18-12-16-17(21-13-6-2-1-3-7-13)14(9-11-20-16)15-8-4-5-10-19-15/h4-5,8-11,13H,1-3,6-7H2. The molecule has 3 rings (SSSR count). The molecule has 1 saturated carbocycles. The van der Waals surface area contributed by atoms with Gasteiger partial charge in [-0.1, -0.05) is 25.3 Å². The van der Waals surface area contributed by atoms with Crippen molar-refractivity contribution in [3.63, 3.8) is 0 Å². The number of hydrogen-bond acceptors (Lipinski definition) is 4. The molecule has 0 radical (unpaired) electrons. The van der Waals surface area contributed by atoms with Gasteiger partial charge in [0.05, 0.1) is 10.6 Å². The Labute approximate surface area is 129 Å². The Hall–Kier alpha value is -1.86. The van der Waals surface area contributed by atoms with Crippen LogP contribution in [-0.4, -0.2) is 15.2 Å². The predicted octanol–water partition coefficient (Wildman–Crippen LogP) is 4.44. The fraction of sp³-hybridized carbons (Fsp3) is 0.353. The molecule has 2 heterocycles. The lowest BCUT2D eigenvalue weighted by atomic mass is 10.0. The Morgan fingerprint density at radius 3 is 2.62 bits per heavy atom. The number of nitrogens with zero attached hydrogens (tertiary/aromatic N) is 3. The van der Waals surface area contributed by atoms with E-state index in [1.807, 2.05) is 36.0 Å². The van der Waals surface area contributed by atoms with Crippen molar-refractivity contribution in [3.8, 4) is 17.3 Å². The molecule has 0 atom stereocenters. The van der Waals surface area contributed by atoms with Gasteiger partial charge in [-0.25, -0.2) is 4.98 Å². The van der Waals surface area contributed by atoms with Crippen molar-refractivity contribution in [3.05, 3.63) is 42.4 Å². The summed E-state index contributed by atoms with van der Waals surface area (Å²) >= 11 is 1.81. The Balaban J connectivity index is 1.98. The zero-order chi connectivity index (χ0) is 14.5. The SMILES string of the molecule is N#Cc1nccc(-c2ccccn2)c1SC1CCCCC1. The zero-order valence-electron chi connectivity index (χ0n) is 11.8. The van der Waals surface area contributed by atoms with E-state index in [0.29, 0.717) is 10.9 Å². The van der Waals surface area contributed by atoms with Gasteiger partial charge in [0, 0.05) is 23.2 Å². The maximum atomic E-state index is 9.37. The van der Waals surface area contributed by atoms with Gasteiger partial charge in [0.15, 0.2) is 5.69 Å². The summed E-state index contributed by atoms with van der Waals surface area (Å²) in [6.07, 6.45) is 9.86. The quantitative estimate of drug-likeness (QED) is 0.840. The highest BCUT2D eigenvalue weighted by Gasteiger charge is 2.20. The molecule has 0 N–H and O–H groups in total. The van der Waals surface area contributed by atoms with Gasteiger partial charge in [-0.15, -0.1) is 11.8 Å². The van der Waals surface area contributed by atoms with Gasteiger partial charge in [0.2, 0.25) is 0 Å². The molecule has 1 fully saturated rings. The zero-order valence-corrected chi connectivity index (χ0v) is 12.6. The van der Waals surface area contributed by atoms with Gasteiger partial charge in [-0.2, -0.15) is 5.26 Å². The smallest absolute Gasteiger partial charge is 0.154 e. The van der Waals surface area contributed by atoms with Crippen molar-refractivity contribution in [2.24, 2.45) is 0 Å². The lowest BCUT2D eigenvalue weighted by Gasteiger charge is -2.22. The van der Waals surface area contributed by atoms with Gasteiger partial charge in [-0.3, -0.25) is 4.98 Å². The highest BCUT2D eigenvalue weighted by molar-refractivity contribution is 8.00. The molecule has 2 aromatic heterocycles. The van der Waals surface area contributed by atoms with Crippen molar-refractivity contribution in [1.82, 2.24) is 9.97 Å². The van der Waals surface area contributed by atoms with E-state index in [4.69, 9.17) is 0 Å². The first-order valence-electron chi connectivity index (χ1n) is 7.35. The van der Waals surface area contributed by atoms with Crippen LogP contribution >= 0.6 is 11.8 Å². The predicted molar refractivity (Wildman–Crippen MR) is 84.9 cm³/mol. The lowest BCUT2D eigenvalue weighted by Crippen LogP contribution is -2.09. The molecule has 0 aliphatic heterocycles. The molecule has 0 aromatic carbocycles. The molecule has 3 nitrogen and oxygen atoms in total. The summed E-state index contributed by atoms with van der Waals surface area (Å²) in [4.78, 5) is 9.66. The fourth-order valence-corrected chi connectivity index (χ4v) is 4.13. The normalized spacial score (nSPS) is 15.6. The summed E-state index contributed by atoms with van der Waals surface area (Å²) in [5, 5.41) is 9.97. The average Bonchev–Trinajstić information content (AvgIpc) is 2.57. The molecule has 0 saturated heterocycles. The fourth-order valence-electron chi connectivity index (χ4n) is 2.72. The van der Waals surface area contributed by atoms with E-state index in [9.17, 15) is 5.26 Å². The van der Waals surface area contributed by atoms with Crippen LogP contribution < -0.4 is 0 Å². The van der Waals surface area contributed by atoms with Crippen LogP contribution in [0.2, 0.25) is 0 Å². The number of rotatable bonds is 3. The van der Waals surface area contributed by atoms with Crippen molar-refractivity contribution in [1.29, 1.82) is 5.26 Å². The minimum absolute atomic E-state index is 0.522. The van der Waals surface area contributed by atoms with Gasteiger partial charge in [-0.05, 0) is 31.0 Å². The van der Waals surface area contributed by atoms with Crippen LogP contribution in [0.5, 0.6) is 0 Å². The van der Waals surface area contributed by atoms with Crippen LogP contribution in [0, 0.1) is 11.3 Å². The van der Waals surface area contributed by atoms with Gasteiger partial charge >= 0.3 is 0 Å². The molecule has 0 unspecified atom stereocenters. The summed E-state index contributed by atoms with van der Waals surface area (Å²) in [6.45, 7) is 0. The number of pyridine rings is 2. The summed E-state index contributed by atoms with van der Waals surface area (Å²) in [5.74, 6) is 0. The lowest BCUT2D eigenvalue weighted by molar-refractivity contribution is 0.516. The van der Waals surface area contributed by atoms with Crippen LogP contribution in [0.25, 0.3) is 11.3 Å². The summed E-state index contributed by atoms with van der Waals surface area (Å²) < 4.78 is 0. The molecular weight excluding hydrogens is 278 g/mol. The Kier molecular flexibility index (Phi) is 4.52.